The van der Waals surface area contributed by atoms with Crippen molar-refractivity contribution in [2.24, 2.45) is 5.84 Å². The third-order valence-electron chi connectivity index (χ3n) is 5.94. The van der Waals surface area contributed by atoms with Crippen LogP contribution >= 0.6 is 0 Å². The summed E-state index contributed by atoms with van der Waals surface area (Å²) in [7, 11) is 4.45. The Morgan fingerprint density at radius 2 is 1.95 bits per heavy atom. The van der Waals surface area contributed by atoms with Crippen LogP contribution in [0.5, 0.6) is 0 Å². The zero-order valence-electron chi connectivity index (χ0n) is 13.4. The first kappa shape index (κ1) is 15.0. The van der Waals surface area contributed by atoms with Crippen LogP contribution in [0.25, 0.3) is 0 Å². The molecular weight excluding hydrogens is 258 g/mol. The smallest absolute Gasteiger partial charge is 0.0400 e. The van der Waals surface area contributed by atoms with E-state index in [9.17, 15) is 0 Å². The van der Waals surface area contributed by atoms with Crippen LogP contribution in [0.4, 0.5) is 0 Å². The number of hydrogen-bond acceptors (Lipinski definition) is 3. The molecule has 1 saturated carbocycles. The first-order chi connectivity index (χ1) is 10.2. The van der Waals surface area contributed by atoms with E-state index in [-0.39, 0.29) is 5.54 Å². The predicted octanol–water partition coefficient (Wildman–Crippen LogP) is 2.81. The molecule has 2 aliphatic rings. The van der Waals surface area contributed by atoms with Crippen molar-refractivity contribution in [2.75, 3.05) is 14.1 Å². The van der Waals surface area contributed by atoms with Crippen LogP contribution in [0.2, 0.25) is 0 Å². The topological polar surface area (TPSA) is 41.3 Å². The lowest BCUT2D eigenvalue weighted by molar-refractivity contribution is 0.0496. The number of fused-ring (bicyclic) bond motifs is 1. The van der Waals surface area contributed by atoms with Crippen molar-refractivity contribution < 1.29 is 0 Å². The lowest BCUT2D eigenvalue weighted by atomic mass is 9.68. The van der Waals surface area contributed by atoms with Gasteiger partial charge in [0.2, 0.25) is 0 Å². The van der Waals surface area contributed by atoms with Crippen LogP contribution < -0.4 is 11.3 Å². The molecule has 0 radical (unpaired) electrons. The molecule has 1 aromatic rings. The van der Waals surface area contributed by atoms with E-state index >= 15 is 0 Å². The molecule has 21 heavy (non-hydrogen) atoms. The normalized spacial score (nSPS) is 25.2. The van der Waals surface area contributed by atoms with Gasteiger partial charge in [0, 0.05) is 11.6 Å². The highest BCUT2D eigenvalue weighted by Gasteiger charge is 2.43. The summed E-state index contributed by atoms with van der Waals surface area (Å²) < 4.78 is 0. The Bertz CT molecular complexity index is 477. The van der Waals surface area contributed by atoms with Crippen LogP contribution in [0, 0.1) is 0 Å². The molecule has 2 atom stereocenters. The van der Waals surface area contributed by atoms with Gasteiger partial charge in [0.1, 0.15) is 0 Å². The molecule has 0 amide bonds. The van der Waals surface area contributed by atoms with Gasteiger partial charge in [-0.25, -0.2) is 0 Å². The Morgan fingerprint density at radius 1 is 1.24 bits per heavy atom. The fourth-order valence-electron chi connectivity index (χ4n) is 4.57. The summed E-state index contributed by atoms with van der Waals surface area (Å²) >= 11 is 0. The van der Waals surface area contributed by atoms with Gasteiger partial charge in [0.05, 0.1) is 0 Å². The predicted molar refractivity (Wildman–Crippen MR) is 88.1 cm³/mol. The maximum absolute atomic E-state index is 6.00. The molecule has 0 heterocycles. The van der Waals surface area contributed by atoms with Crippen LogP contribution in [-0.4, -0.2) is 30.6 Å². The monoisotopic (exact) mass is 287 g/mol. The molecule has 0 saturated heterocycles. The first-order valence-electron chi connectivity index (χ1n) is 8.39. The average Bonchev–Trinajstić information content (AvgIpc) is 2.49. The van der Waals surface area contributed by atoms with Gasteiger partial charge in [-0.3, -0.25) is 11.3 Å². The van der Waals surface area contributed by atoms with Crippen LogP contribution in [0.15, 0.2) is 24.3 Å². The van der Waals surface area contributed by atoms with Crippen molar-refractivity contribution >= 4 is 0 Å². The van der Waals surface area contributed by atoms with Crippen molar-refractivity contribution in [1.29, 1.82) is 0 Å². The minimum atomic E-state index is 0.234. The third-order valence-corrected chi connectivity index (χ3v) is 5.94. The molecule has 0 aromatic heterocycles. The quantitative estimate of drug-likeness (QED) is 0.646. The lowest BCUT2D eigenvalue weighted by Gasteiger charge is -2.50. The van der Waals surface area contributed by atoms with Gasteiger partial charge in [-0.2, -0.15) is 0 Å². The van der Waals surface area contributed by atoms with Crippen molar-refractivity contribution in [3.63, 3.8) is 0 Å². The molecule has 1 aromatic carbocycles. The Labute approximate surface area is 128 Å². The van der Waals surface area contributed by atoms with E-state index in [0.29, 0.717) is 12.0 Å². The van der Waals surface area contributed by atoms with Gasteiger partial charge in [-0.1, -0.05) is 43.5 Å². The minimum absolute atomic E-state index is 0.234. The van der Waals surface area contributed by atoms with Gasteiger partial charge < -0.3 is 4.90 Å². The van der Waals surface area contributed by atoms with E-state index in [1.165, 1.54) is 44.1 Å². The van der Waals surface area contributed by atoms with Gasteiger partial charge in [0.15, 0.2) is 0 Å². The number of hydrazine groups is 1. The molecule has 3 rings (SSSR count). The van der Waals surface area contributed by atoms with Crippen molar-refractivity contribution in [3.8, 4) is 0 Å². The summed E-state index contributed by atoms with van der Waals surface area (Å²) in [6, 6.07) is 9.25. The fraction of sp³-hybridized carbons (Fsp3) is 0.667. The van der Waals surface area contributed by atoms with Gasteiger partial charge in [-0.15, -0.1) is 0 Å². The highest BCUT2D eigenvalue weighted by molar-refractivity contribution is 5.40. The van der Waals surface area contributed by atoms with Gasteiger partial charge in [0.25, 0.3) is 0 Å². The van der Waals surface area contributed by atoms with Gasteiger partial charge >= 0.3 is 0 Å². The molecule has 0 spiro atoms. The van der Waals surface area contributed by atoms with Crippen LogP contribution in [0.1, 0.15) is 55.6 Å². The Kier molecular flexibility index (Phi) is 4.34. The molecule has 116 valence electrons. The largest absolute Gasteiger partial charge is 0.302 e. The SMILES string of the molecule is CN(C)C1(C(CC2Cc3ccccc32)NN)CCCCC1. The Morgan fingerprint density at radius 3 is 2.57 bits per heavy atom. The zero-order chi connectivity index (χ0) is 14.9. The number of benzene rings is 1. The van der Waals surface area contributed by atoms with Crippen molar-refractivity contribution in [1.82, 2.24) is 10.3 Å². The summed E-state index contributed by atoms with van der Waals surface area (Å²) in [4.78, 5) is 2.43. The summed E-state index contributed by atoms with van der Waals surface area (Å²) in [5.41, 5.74) is 6.49. The molecule has 0 aliphatic heterocycles. The van der Waals surface area contributed by atoms with E-state index in [4.69, 9.17) is 5.84 Å². The van der Waals surface area contributed by atoms with E-state index in [1.807, 2.05) is 0 Å². The molecular formula is C18H29N3. The summed E-state index contributed by atoms with van der Waals surface area (Å²) in [6.07, 6.45) is 8.95. The van der Waals surface area contributed by atoms with E-state index in [2.05, 4.69) is 48.7 Å². The number of nitrogens with two attached hydrogens (primary N) is 1. The molecule has 3 heteroatoms. The molecule has 2 unspecified atom stereocenters. The second-order valence-electron chi connectivity index (χ2n) is 7.11. The van der Waals surface area contributed by atoms with E-state index in [1.54, 1.807) is 5.56 Å². The van der Waals surface area contributed by atoms with E-state index in [0.717, 1.165) is 6.42 Å². The zero-order valence-corrected chi connectivity index (χ0v) is 13.4. The van der Waals surface area contributed by atoms with E-state index < -0.39 is 0 Å². The van der Waals surface area contributed by atoms with Gasteiger partial charge in [-0.05, 0) is 56.8 Å². The fourth-order valence-corrected chi connectivity index (χ4v) is 4.57. The second-order valence-corrected chi connectivity index (χ2v) is 7.11. The average molecular weight is 287 g/mol. The first-order valence-corrected chi connectivity index (χ1v) is 8.39. The lowest BCUT2D eigenvalue weighted by Crippen LogP contribution is -2.62. The van der Waals surface area contributed by atoms with Crippen LogP contribution in [-0.2, 0) is 6.42 Å². The van der Waals surface area contributed by atoms with Crippen molar-refractivity contribution in [3.05, 3.63) is 35.4 Å². The number of hydrogen-bond donors (Lipinski definition) is 2. The summed E-state index contributed by atoms with van der Waals surface area (Å²) in [6.45, 7) is 0. The highest BCUT2D eigenvalue weighted by atomic mass is 15.3. The number of nitrogens with one attached hydrogen (secondary N) is 1. The molecule has 0 bridgehead atoms. The van der Waals surface area contributed by atoms with Crippen LogP contribution in [0.3, 0.4) is 0 Å². The standard InChI is InChI=1S/C18H29N3/c1-21(2)18(10-6-3-7-11-18)17(20-19)13-15-12-14-8-4-5-9-16(14)15/h4-5,8-9,15,17,20H,3,6-7,10-13,19H2,1-2H3. The summed E-state index contributed by atoms with van der Waals surface area (Å²) in [5, 5.41) is 0. The summed E-state index contributed by atoms with van der Waals surface area (Å²) in [5.74, 6) is 6.68. The maximum atomic E-state index is 6.00. The van der Waals surface area contributed by atoms with Crippen molar-refractivity contribution in [2.45, 2.75) is 62.4 Å². The Balaban J connectivity index is 1.75. The molecule has 3 N–H and O–H groups in total. The third kappa shape index (κ3) is 2.63. The molecule has 1 fully saturated rings. The second kappa shape index (κ2) is 6.07. The maximum Gasteiger partial charge on any atom is 0.0400 e. The number of nitrogens with zero attached hydrogens (tertiary/aromatic N) is 1. The highest BCUT2D eigenvalue weighted by Crippen LogP contribution is 2.43. The number of likely N-dealkylation sites (N-methyl/N-ethyl adjacent to an activating group) is 1. The minimum Gasteiger partial charge on any atom is -0.302 e. The number of rotatable bonds is 5. The molecule has 2 aliphatic carbocycles. The Hall–Kier alpha value is -0.900. The molecule has 3 nitrogen and oxygen atoms in total.